The molecule has 2 unspecified atom stereocenters. The molecule has 9 nitrogen and oxygen atoms in total. The fourth-order valence-corrected chi connectivity index (χ4v) is 6.07. The predicted octanol–water partition coefficient (Wildman–Crippen LogP) is 0.667. The van der Waals surface area contributed by atoms with Crippen molar-refractivity contribution >= 4 is 17.9 Å². The molecule has 8 atom stereocenters. The Labute approximate surface area is 192 Å². The Kier molecular flexibility index (Phi) is 6.48. The first-order valence-electron chi connectivity index (χ1n) is 11.3. The maximum absolute atomic E-state index is 13.1. The summed E-state index contributed by atoms with van der Waals surface area (Å²) in [5, 5.41) is 29.3. The number of aliphatic hydroxyl groups excluding tert-OH is 2. The van der Waals surface area contributed by atoms with Crippen LogP contribution in [0.4, 0.5) is 0 Å². The predicted molar refractivity (Wildman–Crippen MR) is 116 cm³/mol. The number of likely N-dealkylation sites (tertiary alicyclic amines) is 1. The molecule has 2 saturated heterocycles. The van der Waals surface area contributed by atoms with Crippen LogP contribution in [0.1, 0.15) is 25.7 Å². The zero-order chi connectivity index (χ0) is 24.0. The number of ether oxygens (including phenoxy) is 2. The normalized spacial score (nSPS) is 38.4. The minimum absolute atomic E-state index is 0.103. The first-order chi connectivity index (χ1) is 15.6. The molecule has 2 aliphatic carbocycles. The van der Waals surface area contributed by atoms with Gasteiger partial charge in [0.05, 0.1) is 24.2 Å². The molecule has 0 aromatic carbocycles. The molecule has 0 aromatic heterocycles. The lowest BCUT2D eigenvalue weighted by atomic mass is 9.78. The Hall–Kier alpha value is -2.49. The molecular formula is C24H31NO8. The van der Waals surface area contributed by atoms with Gasteiger partial charge in [0.1, 0.15) is 18.2 Å². The van der Waals surface area contributed by atoms with Gasteiger partial charge in [-0.05, 0) is 37.3 Å². The molecule has 0 spiro atoms. The van der Waals surface area contributed by atoms with Crippen molar-refractivity contribution in [3.8, 4) is 0 Å². The highest BCUT2D eigenvalue weighted by molar-refractivity contribution is 5.88. The third-order valence-corrected chi connectivity index (χ3v) is 7.75. The van der Waals surface area contributed by atoms with Crippen LogP contribution in [0.5, 0.6) is 0 Å². The van der Waals surface area contributed by atoms with Crippen molar-refractivity contribution in [2.45, 2.75) is 50.0 Å². The zero-order valence-electron chi connectivity index (χ0n) is 18.5. The van der Waals surface area contributed by atoms with Gasteiger partial charge in [0.25, 0.3) is 0 Å². The molecule has 0 radical (unpaired) electrons. The molecule has 4 rings (SSSR count). The van der Waals surface area contributed by atoms with Gasteiger partial charge in [-0.25, -0.2) is 4.79 Å². The van der Waals surface area contributed by atoms with Crippen molar-refractivity contribution in [3.05, 3.63) is 36.5 Å². The van der Waals surface area contributed by atoms with Crippen LogP contribution in [-0.2, 0) is 23.9 Å². The zero-order valence-corrected chi connectivity index (χ0v) is 18.5. The van der Waals surface area contributed by atoms with Crippen LogP contribution in [0, 0.1) is 23.7 Å². The molecule has 0 amide bonds. The molecule has 2 heterocycles. The van der Waals surface area contributed by atoms with E-state index in [1.807, 2.05) is 0 Å². The van der Waals surface area contributed by atoms with E-state index in [0.717, 1.165) is 5.57 Å². The lowest BCUT2D eigenvalue weighted by Gasteiger charge is -2.32. The quantitative estimate of drug-likeness (QED) is 0.296. The second kappa shape index (κ2) is 9.04. The maximum atomic E-state index is 13.1. The van der Waals surface area contributed by atoms with Crippen molar-refractivity contribution in [2.75, 3.05) is 19.7 Å². The van der Waals surface area contributed by atoms with E-state index in [1.165, 1.54) is 0 Å². The summed E-state index contributed by atoms with van der Waals surface area (Å²) < 4.78 is 11.6. The van der Waals surface area contributed by atoms with Crippen molar-refractivity contribution < 1.29 is 39.2 Å². The molecule has 0 bridgehead atoms. The number of fused-ring (bicyclic) bond motifs is 3. The van der Waals surface area contributed by atoms with Crippen molar-refractivity contribution in [1.29, 1.82) is 0 Å². The number of nitrogens with zero attached hydrogens (tertiary/aromatic N) is 1. The number of esters is 2. The molecule has 4 aliphatic rings. The van der Waals surface area contributed by atoms with E-state index in [4.69, 9.17) is 9.47 Å². The van der Waals surface area contributed by atoms with Gasteiger partial charge in [0.15, 0.2) is 0 Å². The Morgan fingerprint density at radius 2 is 2.00 bits per heavy atom. The number of hydrogen-bond donors (Lipinski definition) is 3. The number of carboxylic acid groups (broad SMARTS) is 1. The molecule has 9 heteroatoms. The van der Waals surface area contributed by atoms with Gasteiger partial charge in [0, 0.05) is 24.8 Å². The largest absolute Gasteiger partial charge is 0.480 e. The number of carboxylic acids is 1. The van der Waals surface area contributed by atoms with Crippen molar-refractivity contribution in [3.63, 3.8) is 0 Å². The number of carbonyl (C=O) groups excluding carboxylic acids is 2. The summed E-state index contributed by atoms with van der Waals surface area (Å²) in [7, 11) is 0. The topological polar surface area (TPSA) is 134 Å². The van der Waals surface area contributed by atoms with E-state index in [2.05, 4.69) is 19.7 Å². The lowest BCUT2D eigenvalue weighted by molar-refractivity contribution is -0.149. The van der Waals surface area contributed by atoms with Gasteiger partial charge in [0.2, 0.25) is 0 Å². The van der Waals surface area contributed by atoms with Crippen molar-refractivity contribution in [2.24, 2.45) is 23.7 Å². The van der Waals surface area contributed by atoms with Crippen LogP contribution in [-0.4, -0.2) is 82.2 Å². The molecule has 2 aliphatic heterocycles. The number of hydrogen-bond acceptors (Lipinski definition) is 8. The first-order valence-corrected chi connectivity index (χ1v) is 11.3. The summed E-state index contributed by atoms with van der Waals surface area (Å²) in [6.07, 6.45) is -0.291. The number of carbonyl (C=O) groups is 3. The number of aliphatic hydroxyl groups is 2. The third-order valence-electron chi connectivity index (χ3n) is 7.75. The Bertz CT molecular complexity index is 897. The summed E-state index contributed by atoms with van der Waals surface area (Å²) in [6, 6.07) is -0.677. The van der Waals surface area contributed by atoms with Gasteiger partial charge < -0.3 is 24.8 Å². The summed E-state index contributed by atoms with van der Waals surface area (Å²) >= 11 is 0. The van der Waals surface area contributed by atoms with E-state index >= 15 is 0 Å². The summed E-state index contributed by atoms with van der Waals surface area (Å²) in [5.41, 5.74) is 1.24. The van der Waals surface area contributed by atoms with E-state index < -0.39 is 60.7 Å². The third kappa shape index (κ3) is 4.13. The Morgan fingerprint density at radius 3 is 2.67 bits per heavy atom. The highest BCUT2D eigenvalue weighted by Crippen LogP contribution is 2.53. The van der Waals surface area contributed by atoms with Crippen molar-refractivity contribution in [1.82, 2.24) is 4.90 Å². The smallest absolute Gasteiger partial charge is 0.336 e. The van der Waals surface area contributed by atoms with Crippen LogP contribution in [0.15, 0.2) is 36.5 Å². The van der Waals surface area contributed by atoms with Gasteiger partial charge in [-0.3, -0.25) is 14.5 Å². The van der Waals surface area contributed by atoms with Crippen LogP contribution in [0.25, 0.3) is 0 Å². The molecular weight excluding hydrogens is 430 g/mol. The van der Waals surface area contributed by atoms with Crippen LogP contribution >= 0.6 is 0 Å². The molecule has 2 saturated carbocycles. The van der Waals surface area contributed by atoms with Gasteiger partial charge in [-0.15, -0.1) is 0 Å². The fraction of sp³-hybridized carbons (Fsp3) is 0.625. The molecule has 3 N–H and O–H groups in total. The number of aliphatic carboxylic acids is 1. The van der Waals surface area contributed by atoms with Crippen LogP contribution < -0.4 is 0 Å². The van der Waals surface area contributed by atoms with Gasteiger partial charge in [-0.1, -0.05) is 25.3 Å². The van der Waals surface area contributed by atoms with E-state index in [1.54, 1.807) is 4.90 Å². The SMILES string of the molecule is C=C(CO)C(=O)O[C@H]1CC(=C)[C@@H]2C[C@H](O)C(=C)[C@@H]2[C@H]2OC(=O)C(CN3CCCC3C(=O)O)[C@@H]21. The summed E-state index contributed by atoms with van der Waals surface area (Å²) in [4.78, 5) is 39.1. The second-order valence-corrected chi connectivity index (χ2v) is 9.60. The monoisotopic (exact) mass is 461 g/mol. The summed E-state index contributed by atoms with van der Waals surface area (Å²) in [6.45, 7) is 11.9. The second-order valence-electron chi connectivity index (χ2n) is 9.60. The molecule has 33 heavy (non-hydrogen) atoms. The Morgan fingerprint density at radius 1 is 1.27 bits per heavy atom. The fourth-order valence-electron chi connectivity index (χ4n) is 6.07. The lowest BCUT2D eigenvalue weighted by Crippen LogP contribution is -2.45. The highest BCUT2D eigenvalue weighted by atomic mass is 16.6. The van der Waals surface area contributed by atoms with Gasteiger partial charge in [-0.2, -0.15) is 0 Å². The minimum atomic E-state index is -0.931. The maximum Gasteiger partial charge on any atom is 0.336 e. The summed E-state index contributed by atoms with van der Waals surface area (Å²) in [5.74, 6) is -3.98. The Balaban J connectivity index is 1.68. The van der Waals surface area contributed by atoms with Gasteiger partial charge >= 0.3 is 17.9 Å². The molecule has 0 aromatic rings. The van der Waals surface area contributed by atoms with E-state index in [9.17, 15) is 29.7 Å². The van der Waals surface area contributed by atoms with E-state index in [-0.39, 0.29) is 30.4 Å². The average molecular weight is 462 g/mol. The highest BCUT2D eigenvalue weighted by Gasteiger charge is 2.59. The molecule has 180 valence electrons. The standard InChI is InChI=1S/C24H31NO8/c1-11-7-18(32-23(30)12(2)10-26)20-15(9-25-6-4-5-16(25)22(28)29)24(31)33-21(20)19-13(3)17(27)8-14(11)19/h14-21,26-27H,1-10H2,(H,28,29)/t14-,15?,16?,17-,18-,19-,20+,21+/m0/s1. The first kappa shape index (κ1) is 23.7. The van der Waals surface area contributed by atoms with Crippen LogP contribution in [0.3, 0.4) is 0 Å². The molecule has 4 fully saturated rings. The van der Waals surface area contributed by atoms with Crippen LogP contribution in [0.2, 0.25) is 0 Å². The van der Waals surface area contributed by atoms with E-state index in [0.29, 0.717) is 31.4 Å². The average Bonchev–Trinajstić information content (AvgIpc) is 3.42. The minimum Gasteiger partial charge on any atom is -0.480 e. The number of rotatable bonds is 6.